The zero-order valence-electron chi connectivity index (χ0n) is 30.8. The number of urea groups is 1. The number of hydrogen-bond acceptors (Lipinski definition) is 9. The third-order valence-electron chi connectivity index (χ3n) is 10.2. The molecule has 2 N–H and O–H groups in total. The summed E-state index contributed by atoms with van der Waals surface area (Å²) in [6.45, 7) is 4.46. The van der Waals surface area contributed by atoms with Gasteiger partial charge in [0.2, 0.25) is 5.95 Å². The summed E-state index contributed by atoms with van der Waals surface area (Å²) in [4.78, 5) is 37.4. The van der Waals surface area contributed by atoms with Crippen LogP contribution >= 0.6 is 0 Å². The highest BCUT2D eigenvalue weighted by Crippen LogP contribution is 2.34. The second kappa shape index (κ2) is 17.3. The monoisotopic (exact) mass is 749 g/mol. The van der Waals surface area contributed by atoms with E-state index in [0.29, 0.717) is 23.4 Å². The van der Waals surface area contributed by atoms with Crippen LogP contribution in [-0.4, -0.2) is 91.3 Å². The summed E-state index contributed by atoms with van der Waals surface area (Å²) in [5.74, 6) is 2.87. The first-order valence-corrected chi connectivity index (χ1v) is 19.7. The van der Waals surface area contributed by atoms with Crippen molar-refractivity contribution in [1.29, 1.82) is 0 Å². The number of aromatic nitrogens is 4. The summed E-state index contributed by atoms with van der Waals surface area (Å²) in [7, 11) is 2.24. The van der Waals surface area contributed by atoms with E-state index in [0.717, 1.165) is 86.2 Å². The number of carbonyl (C=O) groups excluding carboxylic acids is 2. The van der Waals surface area contributed by atoms with Gasteiger partial charge < -0.3 is 20.2 Å². The van der Waals surface area contributed by atoms with Gasteiger partial charge in [-0.2, -0.15) is 5.10 Å². The van der Waals surface area contributed by atoms with Crippen molar-refractivity contribution < 1.29 is 18.5 Å². The molecule has 7 rings (SSSR count). The van der Waals surface area contributed by atoms with Crippen LogP contribution in [0.3, 0.4) is 0 Å². The maximum atomic E-state index is 13.7. The predicted octanol–water partition coefficient (Wildman–Crippen LogP) is 5.87. The van der Waals surface area contributed by atoms with Gasteiger partial charge in [-0.1, -0.05) is 36.4 Å². The number of fused-ring (bicyclic) bond motifs is 1. The number of benzene rings is 3. The molecular formula is C40H47N9O4S. The van der Waals surface area contributed by atoms with Crippen molar-refractivity contribution in [3.63, 3.8) is 0 Å². The summed E-state index contributed by atoms with van der Waals surface area (Å²) in [5, 5.41) is 11.6. The van der Waals surface area contributed by atoms with Gasteiger partial charge in [0.25, 0.3) is 0 Å². The lowest BCUT2D eigenvalue weighted by atomic mass is 9.89. The van der Waals surface area contributed by atoms with Gasteiger partial charge in [-0.05, 0) is 92.2 Å². The Morgan fingerprint density at radius 2 is 1.70 bits per heavy atom. The number of aldehydes is 1. The molecule has 3 aromatic carbocycles. The molecule has 0 spiro atoms. The van der Waals surface area contributed by atoms with Gasteiger partial charge in [-0.3, -0.25) is 14.5 Å². The lowest BCUT2D eigenvalue weighted by molar-refractivity contribution is -0.107. The maximum Gasteiger partial charge on any atom is 0.322 e. The number of anilines is 2. The molecule has 0 saturated carbocycles. The van der Waals surface area contributed by atoms with Crippen molar-refractivity contribution in [2.75, 3.05) is 50.0 Å². The Hall–Kier alpha value is -5.18. The van der Waals surface area contributed by atoms with E-state index in [1.54, 1.807) is 19.4 Å². The van der Waals surface area contributed by atoms with Crippen LogP contribution in [0.1, 0.15) is 49.1 Å². The van der Waals surface area contributed by atoms with Crippen LogP contribution in [0.25, 0.3) is 10.9 Å². The molecule has 2 saturated heterocycles. The molecule has 282 valence electrons. The third kappa shape index (κ3) is 8.78. The summed E-state index contributed by atoms with van der Waals surface area (Å²) in [6.07, 6.45) is 8.15. The molecule has 1 unspecified atom stereocenters. The standard InChI is InChI=1S/C40H47N9O4S/c1-41-40(51)49(18-7-23-50)38-36-13-12-31(25-37(36)46(2)45-38)30-14-19-47(20-15-30)28-29-8-6-11-35(24-29)54(52)48-21-16-32(17-22-48)44-39-42-26-34(27-43-39)53-33-9-4-3-5-10-33/h3-6,8-13,23-27,30,32H,7,14-22,28H2,1-2H3,(H,41,51)(H,42,43,44). The first-order chi connectivity index (χ1) is 26.4. The zero-order valence-corrected chi connectivity index (χ0v) is 31.6. The van der Waals surface area contributed by atoms with E-state index >= 15 is 0 Å². The van der Waals surface area contributed by atoms with Crippen LogP contribution in [-0.2, 0) is 29.4 Å². The van der Waals surface area contributed by atoms with E-state index in [-0.39, 0.29) is 25.0 Å². The highest BCUT2D eigenvalue weighted by Gasteiger charge is 2.26. The van der Waals surface area contributed by atoms with Crippen molar-refractivity contribution in [3.8, 4) is 11.5 Å². The Bertz CT molecular complexity index is 2060. The van der Waals surface area contributed by atoms with Gasteiger partial charge in [0.15, 0.2) is 11.6 Å². The molecule has 1 atom stereocenters. The predicted molar refractivity (Wildman–Crippen MR) is 210 cm³/mol. The van der Waals surface area contributed by atoms with Crippen molar-refractivity contribution in [1.82, 2.24) is 34.3 Å². The van der Waals surface area contributed by atoms with E-state index < -0.39 is 11.0 Å². The minimum atomic E-state index is -1.23. The minimum absolute atomic E-state index is 0.204. The molecule has 0 bridgehead atoms. The summed E-state index contributed by atoms with van der Waals surface area (Å²) in [6, 6.07) is 24.1. The van der Waals surface area contributed by atoms with Gasteiger partial charge in [0.1, 0.15) is 23.0 Å². The molecule has 4 heterocycles. The Morgan fingerprint density at radius 3 is 2.43 bits per heavy atom. The summed E-state index contributed by atoms with van der Waals surface area (Å²) >= 11 is 0. The fourth-order valence-corrected chi connectivity index (χ4v) is 8.62. The fraction of sp³-hybridized carbons (Fsp3) is 0.375. The number of aryl methyl sites for hydroxylation is 1. The molecule has 2 aliphatic heterocycles. The number of nitrogens with one attached hydrogen (secondary N) is 2. The number of rotatable bonds is 13. The van der Waals surface area contributed by atoms with E-state index in [1.807, 2.05) is 54.2 Å². The number of nitrogens with zero attached hydrogens (tertiary/aromatic N) is 7. The summed E-state index contributed by atoms with van der Waals surface area (Å²) in [5.41, 5.74) is 3.40. The van der Waals surface area contributed by atoms with Crippen molar-refractivity contribution in [2.45, 2.75) is 55.5 Å². The average molecular weight is 750 g/mol. The van der Waals surface area contributed by atoms with Crippen molar-refractivity contribution >= 4 is 46.0 Å². The lowest BCUT2D eigenvalue weighted by Gasteiger charge is -2.32. The van der Waals surface area contributed by atoms with Gasteiger partial charge >= 0.3 is 6.03 Å². The second-order valence-electron chi connectivity index (χ2n) is 13.8. The number of piperidine rings is 2. The van der Waals surface area contributed by atoms with E-state index in [4.69, 9.17) is 4.74 Å². The van der Waals surface area contributed by atoms with Gasteiger partial charge in [-0.15, -0.1) is 0 Å². The Morgan fingerprint density at radius 1 is 0.944 bits per heavy atom. The molecule has 14 heteroatoms. The quantitative estimate of drug-likeness (QED) is 0.142. The Kier molecular flexibility index (Phi) is 11.9. The summed E-state index contributed by atoms with van der Waals surface area (Å²) < 4.78 is 23.3. The van der Waals surface area contributed by atoms with E-state index in [9.17, 15) is 13.8 Å². The number of hydrogen-bond donors (Lipinski definition) is 2. The van der Waals surface area contributed by atoms with Crippen LogP contribution in [0.4, 0.5) is 16.6 Å². The van der Waals surface area contributed by atoms with Crippen LogP contribution < -0.4 is 20.3 Å². The average Bonchev–Trinajstić information content (AvgIpc) is 3.54. The fourth-order valence-electron chi connectivity index (χ4n) is 7.33. The van der Waals surface area contributed by atoms with E-state index in [2.05, 4.69) is 65.2 Å². The first kappa shape index (κ1) is 37.1. The SMILES string of the molecule is CNC(=O)N(CCC=O)c1nn(C)c2cc(C3CCN(Cc4cccc(S(=O)N5CCC(Nc6ncc(Oc7ccccc7)cn6)CC5)c4)CC3)ccc12. The topological polar surface area (TPSA) is 138 Å². The number of amides is 2. The van der Waals surface area contributed by atoms with Crippen LogP contribution in [0.5, 0.6) is 11.5 Å². The molecule has 0 aliphatic carbocycles. The van der Waals surface area contributed by atoms with E-state index in [1.165, 1.54) is 16.0 Å². The van der Waals surface area contributed by atoms with Gasteiger partial charge in [0, 0.05) is 58.1 Å². The highest BCUT2D eigenvalue weighted by atomic mass is 32.2. The molecule has 2 amide bonds. The second-order valence-corrected chi connectivity index (χ2v) is 15.3. The van der Waals surface area contributed by atoms with Crippen LogP contribution in [0.2, 0.25) is 0 Å². The molecule has 0 radical (unpaired) electrons. The third-order valence-corrected chi connectivity index (χ3v) is 11.7. The Labute approximate surface area is 318 Å². The molecular weight excluding hydrogens is 703 g/mol. The lowest BCUT2D eigenvalue weighted by Crippen LogP contribution is -2.40. The minimum Gasteiger partial charge on any atom is -0.454 e. The molecule has 2 aromatic heterocycles. The zero-order chi connectivity index (χ0) is 37.4. The number of para-hydroxylation sites is 1. The number of likely N-dealkylation sites (tertiary alicyclic amines) is 1. The van der Waals surface area contributed by atoms with Gasteiger partial charge in [-0.25, -0.2) is 23.3 Å². The van der Waals surface area contributed by atoms with Crippen LogP contribution in [0.15, 0.2) is 90.1 Å². The molecule has 2 aliphatic rings. The normalized spacial score (nSPS) is 16.6. The first-order valence-electron chi connectivity index (χ1n) is 18.6. The molecule has 2 fully saturated rings. The number of ether oxygens (including phenoxy) is 1. The molecule has 54 heavy (non-hydrogen) atoms. The molecule has 5 aromatic rings. The molecule has 13 nitrogen and oxygen atoms in total. The highest BCUT2D eigenvalue weighted by molar-refractivity contribution is 7.82. The van der Waals surface area contributed by atoms with Crippen LogP contribution in [0, 0.1) is 0 Å². The van der Waals surface area contributed by atoms with Crippen molar-refractivity contribution in [3.05, 3.63) is 96.3 Å². The van der Waals surface area contributed by atoms with Crippen molar-refractivity contribution in [2.24, 2.45) is 7.05 Å². The smallest absolute Gasteiger partial charge is 0.322 e. The Balaban J connectivity index is 0.893. The largest absolute Gasteiger partial charge is 0.454 e. The number of carbonyl (C=O) groups is 2. The maximum absolute atomic E-state index is 13.7. The van der Waals surface area contributed by atoms with Gasteiger partial charge in [0.05, 0.1) is 22.8 Å².